The Bertz CT molecular complexity index is 1000. The number of carbonyl (C=O) groups is 2. The third-order valence-electron chi connectivity index (χ3n) is 4.77. The summed E-state index contributed by atoms with van der Waals surface area (Å²) in [6.07, 6.45) is 5.79. The maximum absolute atomic E-state index is 12.8. The second kappa shape index (κ2) is 6.75. The molecular formula is C20H20N4O3. The Morgan fingerprint density at radius 2 is 2.11 bits per heavy atom. The van der Waals surface area contributed by atoms with Gasteiger partial charge < -0.3 is 20.0 Å². The van der Waals surface area contributed by atoms with Crippen molar-refractivity contribution in [1.29, 1.82) is 0 Å². The molecule has 2 heterocycles. The fraction of sp³-hybridized carbons (Fsp3) is 0.250. The minimum absolute atomic E-state index is 0.0865. The van der Waals surface area contributed by atoms with Crippen molar-refractivity contribution in [1.82, 2.24) is 14.9 Å². The van der Waals surface area contributed by atoms with Gasteiger partial charge in [0.25, 0.3) is 11.8 Å². The van der Waals surface area contributed by atoms with Gasteiger partial charge in [-0.3, -0.25) is 9.59 Å². The van der Waals surface area contributed by atoms with Crippen molar-refractivity contribution in [2.75, 3.05) is 0 Å². The summed E-state index contributed by atoms with van der Waals surface area (Å²) in [5.74, 6) is 1.06. The number of hydrogen-bond donors (Lipinski definition) is 2. The second-order valence-corrected chi connectivity index (χ2v) is 6.79. The first-order valence-corrected chi connectivity index (χ1v) is 8.81. The van der Waals surface area contributed by atoms with Gasteiger partial charge in [0.15, 0.2) is 5.76 Å². The molecule has 138 valence electrons. The van der Waals surface area contributed by atoms with Crippen LogP contribution in [0.5, 0.6) is 0 Å². The molecule has 0 spiro atoms. The van der Waals surface area contributed by atoms with Crippen LogP contribution in [0.4, 0.5) is 0 Å². The number of rotatable bonds is 6. The van der Waals surface area contributed by atoms with Crippen LogP contribution < -0.4 is 11.1 Å². The number of carbonyl (C=O) groups excluding carboxylic acids is 2. The largest absolute Gasteiger partial charge is 0.451 e. The van der Waals surface area contributed by atoms with Crippen LogP contribution in [0.3, 0.4) is 0 Å². The Morgan fingerprint density at radius 1 is 1.30 bits per heavy atom. The van der Waals surface area contributed by atoms with Gasteiger partial charge in [-0.1, -0.05) is 12.1 Å². The number of furan rings is 1. The number of nitrogens with zero attached hydrogens (tertiary/aromatic N) is 2. The monoisotopic (exact) mass is 364 g/mol. The zero-order chi connectivity index (χ0) is 19.0. The van der Waals surface area contributed by atoms with Gasteiger partial charge in [-0.25, -0.2) is 4.98 Å². The molecule has 0 aliphatic heterocycles. The average molecular weight is 364 g/mol. The molecule has 27 heavy (non-hydrogen) atoms. The third kappa shape index (κ3) is 3.48. The van der Waals surface area contributed by atoms with Crippen LogP contribution in [0.2, 0.25) is 0 Å². The summed E-state index contributed by atoms with van der Waals surface area (Å²) in [5.41, 5.74) is 6.45. The zero-order valence-electron chi connectivity index (χ0n) is 14.9. The van der Waals surface area contributed by atoms with E-state index in [1.165, 1.54) is 6.07 Å². The predicted octanol–water partition coefficient (Wildman–Crippen LogP) is 2.66. The van der Waals surface area contributed by atoms with Crippen LogP contribution in [0.15, 0.2) is 53.2 Å². The highest BCUT2D eigenvalue weighted by Crippen LogP contribution is 2.40. The van der Waals surface area contributed by atoms with E-state index in [4.69, 9.17) is 10.2 Å². The normalized spacial score (nSPS) is 14.7. The number of hydrogen-bond acceptors (Lipinski definition) is 4. The lowest BCUT2D eigenvalue weighted by molar-refractivity contribution is 0.0927. The lowest BCUT2D eigenvalue weighted by atomic mass is 10.1. The number of benzene rings is 1. The summed E-state index contributed by atoms with van der Waals surface area (Å²) in [5, 5.41) is 3.11. The van der Waals surface area contributed by atoms with Crippen LogP contribution in [-0.4, -0.2) is 21.4 Å². The van der Waals surface area contributed by atoms with Gasteiger partial charge in [-0.2, -0.15) is 0 Å². The average Bonchev–Trinajstić information content (AvgIpc) is 3.21. The van der Waals surface area contributed by atoms with E-state index in [0.29, 0.717) is 22.8 Å². The minimum atomic E-state index is -0.627. The molecule has 1 saturated carbocycles. The van der Waals surface area contributed by atoms with Gasteiger partial charge >= 0.3 is 0 Å². The van der Waals surface area contributed by atoms with E-state index in [9.17, 15) is 9.59 Å². The number of aromatic nitrogens is 2. The lowest BCUT2D eigenvalue weighted by Gasteiger charge is -2.18. The molecule has 7 nitrogen and oxygen atoms in total. The number of aryl methyl sites for hydroxylation is 1. The predicted molar refractivity (Wildman–Crippen MR) is 98.8 cm³/mol. The first-order chi connectivity index (χ1) is 13.0. The van der Waals surface area contributed by atoms with Gasteiger partial charge in [0, 0.05) is 30.6 Å². The Labute approximate surface area is 156 Å². The molecule has 2 aromatic heterocycles. The zero-order valence-corrected chi connectivity index (χ0v) is 14.9. The highest BCUT2D eigenvalue weighted by atomic mass is 16.3. The number of nitrogens with two attached hydrogens (primary N) is 1. The molecule has 0 saturated heterocycles. The highest BCUT2D eigenvalue weighted by molar-refractivity contribution is 5.95. The minimum Gasteiger partial charge on any atom is -0.451 e. The van der Waals surface area contributed by atoms with Crippen LogP contribution in [0.1, 0.15) is 45.6 Å². The molecule has 1 aliphatic carbocycles. The van der Waals surface area contributed by atoms with E-state index < -0.39 is 5.91 Å². The number of primary amides is 1. The lowest BCUT2D eigenvalue weighted by Crippen LogP contribution is -2.31. The first-order valence-electron chi connectivity index (χ1n) is 8.81. The van der Waals surface area contributed by atoms with Crippen molar-refractivity contribution < 1.29 is 14.0 Å². The van der Waals surface area contributed by atoms with E-state index in [-0.39, 0.29) is 17.7 Å². The van der Waals surface area contributed by atoms with Gasteiger partial charge in [0.2, 0.25) is 0 Å². The van der Waals surface area contributed by atoms with Crippen molar-refractivity contribution in [3.05, 3.63) is 65.9 Å². The van der Waals surface area contributed by atoms with Gasteiger partial charge in [0.05, 0.1) is 6.04 Å². The first kappa shape index (κ1) is 17.1. The Morgan fingerprint density at radius 3 is 2.74 bits per heavy atom. The molecule has 2 amide bonds. The maximum Gasteiger partial charge on any atom is 0.284 e. The molecule has 3 aromatic rings. The fourth-order valence-corrected chi connectivity index (χ4v) is 3.16. The summed E-state index contributed by atoms with van der Waals surface area (Å²) in [4.78, 5) is 28.4. The van der Waals surface area contributed by atoms with E-state index in [2.05, 4.69) is 10.3 Å². The number of imidazole rings is 1. The second-order valence-electron chi connectivity index (χ2n) is 6.79. The van der Waals surface area contributed by atoms with Gasteiger partial charge in [-0.05, 0) is 43.0 Å². The summed E-state index contributed by atoms with van der Waals surface area (Å²) in [6, 6.07) is 10.2. The van der Waals surface area contributed by atoms with Crippen molar-refractivity contribution >= 4 is 11.8 Å². The highest BCUT2D eigenvalue weighted by Gasteiger charge is 2.35. The molecule has 1 aliphatic rings. The van der Waals surface area contributed by atoms with Crippen LogP contribution >= 0.6 is 0 Å². The van der Waals surface area contributed by atoms with E-state index in [1.54, 1.807) is 30.5 Å². The molecule has 0 unspecified atom stereocenters. The summed E-state index contributed by atoms with van der Waals surface area (Å²) >= 11 is 0. The van der Waals surface area contributed by atoms with E-state index >= 15 is 0 Å². The van der Waals surface area contributed by atoms with Crippen LogP contribution in [0.25, 0.3) is 11.3 Å². The van der Waals surface area contributed by atoms with Gasteiger partial charge in [0.1, 0.15) is 11.6 Å². The van der Waals surface area contributed by atoms with Crippen LogP contribution in [0, 0.1) is 5.92 Å². The standard InChI is InChI=1S/C20H20N4O3/c1-24-10-9-22-19(24)17(12-5-6-12)23-20(26)14-4-2-3-13(11-14)15-7-8-16(27-15)18(21)25/h2-4,7-12,17H,5-6H2,1H3,(H2,21,25)(H,23,26)/t17-/m0/s1. The van der Waals surface area contributed by atoms with E-state index in [0.717, 1.165) is 18.7 Å². The van der Waals surface area contributed by atoms with Crippen LogP contribution in [-0.2, 0) is 7.05 Å². The van der Waals surface area contributed by atoms with Crippen molar-refractivity contribution in [3.63, 3.8) is 0 Å². The number of nitrogens with one attached hydrogen (secondary N) is 1. The quantitative estimate of drug-likeness (QED) is 0.702. The molecule has 0 bridgehead atoms. The maximum atomic E-state index is 12.8. The topological polar surface area (TPSA) is 103 Å². The molecule has 1 atom stereocenters. The Balaban J connectivity index is 1.56. The fourth-order valence-electron chi connectivity index (χ4n) is 3.16. The molecular weight excluding hydrogens is 344 g/mol. The SMILES string of the molecule is Cn1ccnc1[C@@H](NC(=O)c1cccc(-c2ccc(C(N)=O)o2)c1)C1CC1. The summed E-state index contributed by atoms with van der Waals surface area (Å²) < 4.78 is 7.39. The Kier molecular flexibility index (Phi) is 4.27. The van der Waals surface area contributed by atoms with Crippen molar-refractivity contribution in [2.45, 2.75) is 18.9 Å². The third-order valence-corrected chi connectivity index (χ3v) is 4.77. The molecule has 1 fully saturated rings. The van der Waals surface area contributed by atoms with Gasteiger partial charge in [-0.15, -0.1) is 0 Å². The molecule has 7 heteroatoms. The Hall–Kier alpha value is -3.35. The number of amides is 2. The van der Waals surface area contributed by atoms with Crippen molar-refractivity contribution in [2.24, 2.45) is 18.7 Å². The smallest absolute Gasteiger partial charge is 0.284 e. The molecule has 3 N–H and O–H groups in total. The molecule has 0 radical (unpaired) electrons. The summed E-state index contributed by atoms with van der Waals surface area (Å²) in [7, 11) is 1.93. The molecule has 1 aromatic carbocycles. The molecule has 4 rings (SSSR count). The summed E-state index contributed by atoms with van der Waals surface area (Å²) in [6.45, 7) is 0. The van der Waals surface area contributed by atoms with Crippen molar-refractivity contribution in [3.8, 4) is 11.3 Å². The van der Waals surface area contributed by atoms with E-state index in [1.807, 2.05) is 23.9 Å².